The SMILES string of the molecule is COc1c(F)cccc1C(F)(F)C(=O)O. The predicted molar refractivity (Wildman–Crippen MR) is 44.5 cm³/mol. The third-order valence-electron chi connectivity index (χ3n) is 1.78. The summed E-state index contributed by atoms with van der Waals surface area (Å²) in [6.07, 6.45) is 0. The quantitative estimate of drug-likeness (QED) is 0.847. The van der Waals surface area contributed by atoms with Gasteiger partial charge in [-0.25, -0.2) is 9.18 Å². The topological polar surface area (TPSA) is 46.5 Å². The van der Waals surface area contributed by atoms with Gasteiger partial charge in [0.1, 0.15) is 0 Å². The van der Waals surface area contributed by atoms with E-state index in [9.17, 15) is 18.0 Å². The highest BCUT2D eigenvalue weighted by atomic mass is 19.3. The summed E-state index contributed by atoms with van der Waals surface area (Å²) < 4.78 is 43.5. The van der Waals surface area contributed by atoms with Crippen LogP contribution in [0.2, 0.25) is 0 Å². The number of carbonyl (C=O) groups is 1. The molecule has 0 aromatic heterocycles. The number of ether oxygens (including phenoxy) is 1. The van der Waals surface area contributed by atoms with Gasteiger partial charge in [-0.3, -0.25) is 0 Å². The zero-order valence-corrected chi connectivity index (χ0v) is 7.63. The predicted octanol–water partition coefficient (Wildman–Crippen LogP) is 2.01. The van der Waals surface area contributed by atoms with Crippen molar-refractivity contribution in [2.45, 2.75) is 5.92 Å². The van der Waals surface area contributed by atoms with Crippen molar-refractivity contribution in [3.63, 3.8) is 0 Å². The summed E-state index contributed by atoms with van der Waals surface area (Å²) >= 11 is 0. The highest BCUT2D eigenvalue weighted by Gasteiger charge is 2.44. The molecule has 0 radical (unpaired) electrons. The van der Waals surface area contributed by atoms with Crippen molar-refractivity contribution in [3.8, 4) is 5.75 Å². The molecule has 1 aromatic carbocycles. The van der Waals surface area contributed by atoms with E-state index in [0.29, 0.717) is 0 Å². The Morgan fingerprint density at radius 2 is 2.07 bits per heavy atom. The van der Waals surface area contributed by atoms with Crippen molar-refractivity contribution >= 4 is 5.97 Å². The number of carboxylic acids is 1. The number of alkyl halides is 2. The Bertz CT molecular complexity index is 390. The van der Waals surface area contributed by atoms with Gasteiger partial charge in [0, 0.05) is 0 Å². The highest BCUT2D eigenvalue weighted by molar-refractivity contribution is 5.78. The summed E-state index contributed by atoms with van der Waals surface area (Å²) in [5, 5.41) is 8.28. The number of halogens is 3. The molecule has 15 heavy (non-hydrogen) atoms. The lowest BCUT2D eigenvalue weighted by Gasteiger charge is -2.15. The average Bonchev–Trinajstić information content (AvgIpc) is 2.17. The van der Waals surface area contributed by atoms with E-state index in [1.165, 1.54) is 0 Å². The van der Waals surface area contributed by atoms with Gasteiger partial charge in [-0.15, -0.1) is 0 Å². The van der Waals surface area contributed by atoms with Crippen LogP contribution >= 0.6 is 0 Å². The molecule has 3 nitrogen and oxygen atoms in total. The summed E-state index contributed by atoms with van der Waals surface area (Å²) in [5.74, 6) is -8.32. The van der Waals surface area contributed by atoms with Gasteiger partial charge >= 0.3 is 11.9 Å². The maximum atomic E-state index is 13.1. The van der Waals surface area contributed by atoms with E-state index in [0.717, 1.165) is 25.3 Å². The van der Waals surface area contributed by atoms with E-state index in [1.807, 2.05) is 0 Å². The summed E-state index contributed by atoms with van der Waals surface area (Å²) in [6, 6.07) is 2.69. The molecule has 0 saturated carbocycles. The molecule has 0 aliphatic rings. The summed E-state index contributed by atoms with van der Waals surface area (Å²) in [7, 11) is 0.986. The Labute approximate surface area is 83.1 Å². The number of para-hydroxylation sites is 1. The molecular formula is C9H7F3O3. The van der Waals surface area contributed by atoms with Crippen LogP contribution in [0.1, 0.15) is 5.56 Å². The summed E-state index contributed by atoms with van der Waals surface area (Å²) in [4.78, 5) is 10.3. The van der Waals surface area contributed by atoms with Crippen molar-refractivity contribution < 1.29 is 27.8 Å². The largest absolute Gasteiger partial charge is 0.493 e. The molecule has 1 rings (SSSR count). The lowest BCUT2D eigenvalue weighted by molar-refractivity contribution is -0.166. The number of carboxylic acid groups (broad SMARTS) is 1. The van der Waals surface area contributed by atoms with Crippen molar-refractivity contribution in [3.05, 3.63) is 29.6 Å². The molecule has 0 unspecified atom stereocenters. The van der Waals surface area contributed by atoms with Crippen LogP contribution in [0.25, 0.3) is 0 Å². The first-order chi connectivity index (χ1) is 6.91. The van der Waals surface area contributed by atoms with E-state index in [2.05, 4.69) is 4.74 Å². The normalized spacial score (nSPS) is 11.2. The smallest absolute Gasteiger partial charge is 0.379 e. The number of benzene rings is 1. The standard InChI is InChI=1S/C9H7F3O3/c1-15-7-5(3-2-4-6(7)10)9(11,12)8(13)14/h2-4H,1H3,(H,13,14). The van der Waals surface area contributed by atoms with Crippen LogP contribution < -0.4 is 4.74 Å². The molecule has 0 heterocycles. The maximum Gasteiger partial charge on any atom is 0.379 e. The van der Waals surface area contributed by atoms with Crippen molar-refractivity contribution in [2.24, 2.45) is 0 Å². The van der Waals surface area contributed by atoms with E-state index in [1.54, 1.807) is 0 Å². The molecule has 0 aliphatic heterocycles. The molecule has 0 bridgehead atoms. The highest BCUT2D eigenvalue weighted by Crippen LogP contribution is 2.36. The van der Waals surface area contributed by atoms with Crippen LogP contribution in [0, 0.1) is 5.82 Å². The van der Waals surface area contributed by atoms with Gasteiger partial charge in [-0.1, -0.05) is 6.07 Å². The third kappa shape index (κ3) is 1.88. The van der Waals surface area contributed by atoms with Crippen molar-refractivity contribution in [2.75, 3.05) is 7.11 Å². The van der Waals surface area contributed by atoms with Crippen LogP contribution in [0.4, 0.5) is 13.2 Å². The van der Waals surface area contributed by atoms with Crippen molar-refractivity contribution in [1.29, 1.82) is 0 Å². The van der Waals surface area contributed by atoms with Crippen LogP contribution in [-0.4, -0.2) is 18.2 Å². The maximum absolute atomic E-state index is 13.1. The lowest BCUT2D eigenvalue weighted by atomic mass is 10.1. The van der Waals surface area contributed by atoms with E-state index >= 15 is 0 Å². The minimum absolute atomic E-state index is 0.759. The molecule has 0 saturated heterocycles. The fourth-order valence-corrected chi connectivity index (χ4v) is 1.08. The first kappa shape index (κ1) is 11.4. The molecule has 0 aliphatic carbocycles. The van der Waals surface area contributed by atoms with Gasteiger partial charge in [0.05, 0.1) is 12.7 Å². The Morgan fingerprint density at radius 1 is 1.47 bits per heavy atom. The zero-order valence-electron chi connectivity index (χ0n) is 7.63. The number of hydrogen-bond donors (Lipinski definition) is 1. The van der Waals surface area contributed by atoms with E-state index in [-0.39, 0.29) is 0 Å². The first-order valence-electron chi connectivity index (χ1n) is 3.85. The van der Waals surface area contributed by atoms with Crippen LogP contribution in [0.5, 0.6) is 5.75 Å². The van der Waals surface area contributed by atoms with Crippen LogP contribution in [0.15, 0.2) is 18.2 Å². The van der Waals surface area contributed by atoms with Gasteiger partial charge in [-0.2, -0.15) is 8.78 Å². The van der Waals surface area contributed by atoms with Crippen molar-refractivity contribution in [1.82, 2.24) is 0 Å². The Balaban J connectivity index is 3.37. The van der Waals surface area contributed by atoms with E-state index in [4.69, 9.17) is 5.11 Å². The monoisotopic (exact) mass is 220 g/mol. The third-order valence-corrected chi connectivity index (χ3v) is 1.78. The average molecular weight is 220 g/mol. The second-order valence-corrected chi connectivity index (χ2v) is 2.70. The summed E-state index contributed by atoms with van der Waals surface area (Å²) in [5.41, 5.74) is -1.00. The molecule has 0 atom stereocenters. The van der Waals surface area contributed by atoms with Crippen LogP contribution in [0.3, 0.4) is 0 Å². The molecule has 1 aromatic rings. The van der Waals surface area contributed by atoms with Gasteiger partial charge in [-0.05, 0) is 12.1 Å². The number of rotatable bonds is 3. The minimum atomic E-state index is -4.17. The molecule has 6 heteroatoms. The Kier molecular flexibility index (Phi) is 2.88. The first-order valence-corrected chi connectivity index (χ1v) is 3.85. The number of methoxy groups -OCH3 is 1. The van der Waals surface area contributed by atoms with Gasteiger partial charge < -0.3 is 9.84 Å². The second-order valence-electron chi connectivity index (χ2n) is 2.70. The fraction of sp³-hybridized carbons (Fsp3) is 0.222. The van der Waals surface area contributed by atoms with Gasteiger partial charge in [0.2, 0.25) is 0 Å². The number of aliphatic carboxylic acids is 1. The zero-order chi connectivity index (χ0) is 11.6. The molecule has 0 fully saturated rings. The number of hydrogen-bond acceptors (Lipinski definition) is 2. The molecule has 0 amide bonds. The van der Waals surface area contributed by atoms with Crippen LogP contribution in [-0.2, 0) is 10.7 Å². The van der Waals surface area contributed by atoms with E-state index < -0.39 is 29.0 Å². The molecule has 1 N–H and O–H groups in total. The molecule has 82 valence electrons. The summed E-state index contributed by atoms with van der Waals surface area (Å²) in [6.45, 7) is 0. The Morgan fingerprint density at radius 3 is 2.53 bits per heavy atom. The Hall–Kier alpha value is -1.72. The second kappa shape index (κ2) is 3.80. The fourth-order valence-electron chi connectivity index (χ4n) is 1.08. The minimum Gasteiger partial charge on any atom is -0.493 e. The molecule has 0 spiro atoms. The lowest BCUT2D eigenvalue weighted by Crippen LogP contribution is -2.26. The van der Waals surface area contributed by atoms with Gasteiger partial charge in [0.25, 0.3) is 0 Å². The molecular weight excluding hydrogens is 213 g/mol. The van der Waals surface area contributed by atoms with Gasteiger partial charge in [0.15, 0.2) is 11.6 Å².